The highest BCUT2D eigenvalue weighted by Crippen LogP contribution is 2.64. The van der Waals surface area contributed by atoms with Crippen LogP contribution in [-0.2, 0) is 9.53 Å². The van der Waals surface area contributed by atoms with Crippen LogP contribution in [0.5, 0.6) is 0 Å². The molecule has 0 aromatic carbocycles. The van der Waals surface area contributed by atoms with Crippen LogP contribution in [0.15, 0.2) is 0 Å². The van der Waals surface area contributed by atoms with Crippen molar-refractivity contribution in [1.82, 2.24) is 0 Å². The number of hydrogen-bond acceptors (Lipinski definition) is 4. The van der Waals surface area contributed by atoms with E-state index < -0.39 is 17.3 Å². The van der Waals surface area contributed by atoms with E-state index in [4.69, 9.17) is 4.74 Å². The van der Waals surface area contributed by atoms with E-state index in [9.17, 15) is 15.0 Å². The van der Waals surface area contributed by atoms with Crippen LogP contribution in [0.3, 0.4) is 0 Å². The lowest BCUT2D eigenvalue weighted by Gasteiger charge is -2.65. The van der Waals surface area contributed by atoms with Crippen molar-refractivity contribution < 1.29 is 19.7 Å². The lowest BCUT2D eigenvalue weighted by Crippen LogP contribution is -2.78. The zero-order chi connectivity index (χ0) is 14.4. The minimum atomic E-state index is -1.03. The Morgan fingerprint density at radius 2 is 1.65 bits per heavy atom. The maximum atomic E-state index is 11.6. The average molecular weight is 282 g/mol. The van der Waals surface area contributed by atoms with Crippen LogP contribution in [0.2, 0.25) is 0 Å². The summed E-state index contributed by atoms with van der Waals surface area (Å²) in [6, 6.07) is 0. The zero-order valence-corrected chi connectivity index (χ0v) is 12.3. The molecule has 0 heterocycles. The Balaban J connectivity index is 1.97. The molecule has 0 bridgehead atoms. The Bertz CT molecular complexity index is 382. The zero-order valence-electron chi connectivity index (χ0n) is 12.3. The summed E-state index contributed by atoms with van der Waals surface area (Å²) < 4.78 is 5.79. The smallest absolute Gasteiger partial charge is 0.303 e. The van der Waals surface area contributed by atoms with Gasteiger partial charge in [-0.05, 0) is 32.1 Å². The highest BCUT2D eigenvalue weighted by atomic mass is 16.6. The highest BCUT2D eigenvalue weighted by Gasteiger charge is 2.74. The fourth-order valence-electron chi connectivity index (χ4n) is 5.24. The molecule has 0 radical (unpaired) electrons. The molecule has 0 unspecified atom stereocenters. The van der Waals surface area contributed by atoms with Crippen molar-refractivity contribution in [2.75, 3.05) is 0 Å². The van der Waals surface area contributed by atoms with Gasteiger partial charge >= 0.3 is 5.97 Å². The number of esters is 1. The van der Waals surface area contributed by atoms with E-state index in [0.717, 1.165) is 51.4 Å². The molecule has 3 saturated carbocycles. The van der Waals surface area contributed by atoms with Crippen molar-refractivity contribution in [2.24, 2.45) is 11.8 Å². The average Bonchev–Trinajstić information content (AvgIpc) is 2.64. The van der Waals surface area contributed by atoms with Crippen molar-refractivity contribution >= 4 is 5.97 Å². The molecule has 2 N–H and O–H groups in total. The van der Waals surface area contributed by atoms with E-state index in [1.807, 2.05) is 0 Å². The molecule has 3 aliphatic carbocycles. The van der Waals surface area contributed by atoms with Gasteiger partial charge in [0.05, 0.1) is 6.10 Å². The second-order valence-electron chi connectivity index (χ2n) is 6.94. The van der Waals surface area contributed by atoms with Crippen LogP contribution in [0, 0.1) is 11.8 Å². The summed E-state index contributed by atoms with van der Waals surface area (Å²) in [6.45, 7) is 1.46. The summed E-state index contributed by atoms with van der Waals surface area (Å²) in [4.78, 5) is 11.6. The molecule has 3 aliphatic rings. The normalized spacial score (nSPS) is 48.0. The SMILES string of the molecule is CC(=O)O[C@@]12CCCCC[C@@H]1[C@]1(O)[C@@H](O)CCCC[C@@H]21. The van der Waals surface area contributed by atoms with Crippen LogP contribution in [-0.4, -0.2) is 33.5 Å². The minimum Gasteiger partial charge on any atom is -0.458 e. The van der Waals surface area contributed by atoms with Gasteiger partial charge in [-0.2, -0.15) is 0 Å². The van der Waals surface area contributed by atoms with Crippen LogP contribution in [0.25, 0.3) is 0 Å². The van der Waals surface area contributed by atoms with Crippen LogP contribution in [0.4, 0.5) is 0 Å². The van der Waals surface area contributed by atoms with Gasteiger partial charge in [-0.15, -0.1) is 0 Å². The summed E-state index contributed by atoms with van der Waals surface area (Å²) in [5.74, 6) is -0.420. The van der Waals surface area contributed by atoms with Crippen LogP contribution in [0.1, 0.15) is 64.7 Å². The third-order valence-electron chi connectivity index (χ3n) is 5.94. The van der Waals surface area contributed by atoms with Crippen LogP contribution < -0.4 is 0 Å². The maximum absolute atomic E-state index is 11.6. The molecule has 0 aliphatic heterocycles. The van der Waals surface area contributed by atoms with Gasteiger partial charge in [0, 0.05) is 18.8 Å². The summed E-state index contributed by atoms with van der Waals surface area (Å²) in [6.07, 6.45) is 7.73. The molecule has 3 fully saturated rings. The first-order chi connectivity index (χ1) is 9.52. The van der Waals surface area contributed by atoms with Crippen molar-refractivity contribution in [1.29, 1.82) is 0 Å². The summed E-state index contributed by atoms with van der Waals surface area (Å²) in [5, 5.41) is 21.6. The molecule has 4 heteroatoms. The predicted octanol–water partition coefficient (Wildman–Crippen LogP) is 2.16. The molecule has 20 heavy (non-hydrogen) atoms. The topological polar surface area (TPSA) is 66.8 Å². The van der Waals surface area contributed by atoms with Crippen molar-refractivity contribution in [2.45, 2.75) is 82.0 Å². The van der Waals surface area contributed by atoms with E-state index in [1.54, 1.807) is 0 Å². The lowest BCUT2D eigenvalue weighted by molar-refractivity contribution is -0.324. The van der Waals surface area contributed by atoms with Gasteiger partial charge in [0.15, 0.2) is 0 Å². The van der Waals surface area contributed by atoms with Crippen molar-refractivity contribution in [3.8, 4) is 0 Å². The molecule has 3 rings (SSSR count). The first-order valence-electron chi connectivity index (χ1n) is 8.12. The number of hydrogen-bond donors (Lipinski definition) is 2. The Labute approximate surface area is 120 Å². The Kier molecular flexibility index (Phi) is 3.57. The quantitative estimate of drug-likeness (QED) is 0.723. The van der Waals surface area contributed by atoms with Gasteiger partial charge in [0.25, 0.3) is 0 Å². The van der Waals surface area contributed by atoms with E-state index in [1.165, 1.54) is 6.92 Å². The molecule has 0 aromatic heterocycles. The van der Waals surface area contributed by atoms with Gasteiger partial charge in [-0.3, -0.25) is 4.79 Å². The number of carbonyl (C=O) groups excluding carboxylic acids is 1. The van der Waals surface area contributed by atoms with E-state index in [-0.39, 0.29) is 17.8 Å². The standard InChI is InChI=1S/C16H26O4/c1-11(17)20-15-10-6-2-3-7-12(15)16(19)13(15)8-4-5-9-14(16)18/h12-14,18-19H,2-10H2,1H3/t12-,13-,14-,15-,16+/m0/s1. The molecule has 0 saturated heterocycles. The second kappa shape index (κ2) is 4.99. The van der Waals surface area contributed by atoms with Crippen molar-refractivity contribution in [3.63, 3.8) is 0 Å². The molecule has 5 atom stereocenters. The third kappa shape index (κ3) is 1.84. The Morgan fingerprint density at radius 1 is 1.05 bits per heavy atom. The molecule has 4 nitrogen and oxygen atoms in total. The van der Waals surface area contributed by atoms with Gasteiger partial charge < -0.3 is 14.9 Å². The minimum absolute atomic E-state index is 0.0838. The Hall–Kier alpha value is -0.610. The first-order valence-corrected chi connectivity index (χ1v) is 8.12. The van der Waals surface area contributed by atoms with E-state index in [0.29, 0.717) is 6.42 Å². The van der Waals surface area contributed by atoms with Gasteiger partial charge in [-0.25, -0.2) is 0 Å². The molecule has 0 amide bonds. The van der Waals surface area contributed by atoms with E-state index in [2.05, 4.69) is 0 Å². The number of carbonyl (C=O) groups is 1. The number of ether oxygens (including phenoxy) is 1. The van der Waals surface area contributed by atoms with Crippen molar-refractivity contribution in [3.05, 3.63) is 0 Å². The summed E-state index contributed by atoms with van der Waals surface area (Å²) >= 11 is 0. The van der Waals surface area contributed by atoms with Crippen LogP contribution >= 0.6 is 0 Å². The molecule has 0 spiro atoms. The highest BCUT2D eigenvalue weighted by molar-refractivity contribution is 5.67. The summed E-state index contributed by atoms with van der Waals surface area (Å²) in [5.41, 5.74) is -1.54. The summed E-state index contributed by atoms with van der Waals surface area (Å²) in [7, 11) is 0. The lowest BCUT2D eigenvalue weighted by atomic mass is 9.46. The maximum Gasteiger partial charge on any atom is 0.303 e. The predicted molar refractivity (Wildman–Crippen MR) is 74.0 cm³/mol. The van der Waals surface area contributed by atoms with E-state index >= 15 is 0 Å². The fourth-order valence-corrected chi connectivity index (χ4v) is 5.24. The number of aliphatic hydroxyl groups excluding tert-OH is 1. The van der Waals surface area contributed by atoms with Gasteiger partial charge in [0.1, 0.15) is 11.2 Å². The largest absolute Gasteiger partial charge is 0.458 e. The molecule has 0 aromatic rings. The third-order valence-corrected chi connectivity index (χ3v) is 5.94. The molecular weight excluding hydrogens is 256 g/mol. The molecular formula is C16H26O4. The number of rotatable bonds is 1. The Morgan fingerprint density at radius 3 is 2.30 bits per heavy atom. The van der Waals surface area contributed by atoms with Gasteiger partial charge in [-0.1, -0.05) is 25.7 Å². The van der Waals surface area contributed by atoms with Gasteiger partial charge in [0.2, 0.25) is 0 Å². The monoisotopic (exact) mass is 282 g/mol. The molecule has 114 valence electrons. The second-order valence-corrected chi connectivity index (χ2v) is 6.94. The first kappa shape index (κ1) is 14.3. The number of fused-ring (bicyclic) bond motifs is 4. The fraction of sp³-hybridized carbons (Fsp3) is 0.938. The number of aliphatic hydroxyl groups is 2.